The number of nitrogen functional groups attached to an aromatic ring is 1. The average Bonchev–Trinajstić information content (AvgIpc) is 3.03. The number of amides is 3. The Hall–Kier alpha value is -3.27. The monoisotopic (exact) mass is 387 g/mol. The summed E-state index contributed by atoms with van der Waals surface area (Å²) in [5.74, 6) is 0.265. The number of nitrogens with two attached hydrogens (primary N) is 2. The Balaban J connectivity index is 1.86. The lowest BCUT2D eigenvalue weighted by Crippen LogP contribution is -2.35. The normalized spacial score (nSPS) is 14.0. The predicted octanol–water partition coefficient (Wildman–Crippen LogP) is 1.32. The molecule has 0 radical (unpaired) electrons. The van der Waals surface area contributed by atoms with Crippen molar-refractivity contribution in [2.75, 3.05) is 36.1 Å². The van der Waals surface area contributed by atoms with Crippen molar-refractivity contribution >= 4 is 34.8 Å². The van der Waals surface area contributed by atoms with Crippen LogP contribution in [-0.4, -0.2) is 51.4 Å². The standard InChI is InChI=1S/C18H25N7O3/c19-16-15(11-21-25(16)8-9-26)22-13-5-4-12(10-14(13)23-18(20)28)17(27)24-6-2-1-3-7-24/h4-5,10-11,22,26H,1-3,6-9,19H2,(H3,20,23,28). The molecular weight excluding hydrogens is 362 g/mol. The van der Waals surface area contributed by atoms with Gasteiger partial charge < -0.3 is 32.1 Å². The maximum Gasteiger partial charge on any atom is 0.316 e. The second-order valence-electron chi connectivity index (χ2n) is 6.62. The SMILES string of the molecule is NC(=O)Nc1cc(C(=O)N2CCCCC2)ccc1Nc1cnn(CCO)c1N. The number of rotatable bonds is 6. The van der Waals surface area contributed by atoms with Gasteiger partial charge in [0.1, 0.15) is 11.5 Å². The molecule has 0 aliphatic carbocycles. The average molecular weight is 387 g/mol. The Morgan fingerprint density at radius 1 is 1.14 bits per heavy atom. The van der Waals surface area contributed by atoms with Gasteiger partial charge >= 0.3 is 6.03 Å². The molecule has 1 saturated heterocycles. The molecule has 3 rings (SSSR count). The highest BCUT2D eigenvalue weighted by Gasteiger charge is 2.20. The number of nitrogens with zero attached hydrogens (tertiary/aromatic N) is 3. The van der Waals surface area contributed by atoms with Crippen LogP contribution in [0, 0.1) is 0 Å². The first kappa shape index (κ1) is 19.5. The first-order valence-corrected chi connectivity index (χ1v) is 9.18. The molecular formula is C18H25N7O3. The van der Waals surface area contributed by atoms with Crippen LogP contribution in [0.4, 0.5) is 27.7 Å². The van der Waals surface area contributed by atoms with Gasteiger partial charge in [-0.05, 0) is 37.5 Å². The summed E-state index contributed by atoms with van der Waals surface area (Å²) in [6, 6.07) is 4.23. The number of carbonyl (C=O) groups excluding carboxylic acids is 2. The summed E-state index contributed by atoms with van der Waals surface area (Å²) in [6.07, 6.45) is 4.64. The summed E-state index contributed by atoms with van der Waals surface area (Å²) in [7, 11) is 0. The second kappa shape index (κ2) is 8.61. The van der Waals surface area contributed by atoms with Crippen molar-refractivity contribution in [2.45, 2.75) is 25.8 Å². The van der Waals surface area contributed by atoms with Crippen LogP contribution in [0.3, 0.4) is 0 Å². The van der Waals surface area contributed by atoms with Crippen molar-refractivity contribution in [3.8, 4) is 0 Å². The molecule has 150 valence electrons. The van der Waals surface area contributed by atoms with Gasteiger partial charge in [-0.2, -0.15) is 5.10 Å². The van der Waals surface area contributed by atoms with Gasteiger partial charge in [0.05, 0.1) is 30.7 Å². The van der Waals surface area contributed by atoms with Gasteiger partial charge in [0, 0.05) is 18.7 Å². The number of likely N-dealkylation sites (tertiary alicyclic amines) is 1. The third-order valence-corrected chi connectivity index (χ3v) is 4.63. The molecule has 1 aromatic carbocycles. The predicted molar refractivity (Wildman–Crippen MR) is 106 cm³/mol. The Labute approximate surface area is 162 Å². The number of hydrogen-bond acceptors (Lipinski definition) is 6. The Bertz CT molecular complexity index is 859. The topological polar surface area (TPSA) is 152 Å². The number of urea groups is 1. The smallest absolute Gasteiger partial charge is 0.316 e. The minimum atomic E-state index is -0.741. The number of nitrogens with one attached hydrogen (secondary N) is 2. The van der Waals surface area contributed by atoms with E-state index in [9.17, 15) is 9.59 Å². The lowest BCUT2D eigenvalue weighted by atomic mass is 10.1. The van der Waals surface area contributed by atoms with Crippen molar-refractivity contribution in [3.63, 3.8) is 0 Å². The van der Waals surface area contributed by atoms with E-state index in [0.717, 1.165) is 32.4 Å². The van der Waals surface area contributed by atoms with Crippen molar-refractivity contribution < 1.29 is 14.7 Å². The molecule has 0 saturated carbocycles. The van der Waals surface area contributed by atoms with Crippen LogP contribution in [0.15, 0.2) is 24.4 Å². The number of primary amides is 1. The van der Waals surface area contributed by atoms with E-state index in [1.807, 2.05) is 4.90 Å². The fourth-order valence-electron chi connectivity index (χ4n) is 3.21. The summed E-state index contributed by atoms with van der Waals surface area (Å²) >= 11 is 0. The minimum absolute atomic E-state index is 0.0750. The number of aliphatic hydroxyl groups is 1. The van der Waals surface area contributed by atoms with Gasteiger partial charge in [-0.1, -0.05) is 0 Å². The Morgan fingerprint density at radius 2 is 1.89 bits per heavy atom. The van der Waals surface area contributed by atoms with Gasteiger partial charge in [0.2, 0.25) is 0 Å². The Kier molecular flexibility index (Phi) is 5.99. The number of aliphatic hydroxyl groups excluding tert-OH is 1. The van der Waals surface area contributed by atoms with E-state index >= 15 is 0 Å². The molecule has 2 heterocycles. The maximum absolute atomic E-state index is 12.7. The number of anilines is 4. The molecule has 28 heavy (non-hydrogen) atoms. The molecule has 3 amide bonds. The number of benzene rings is 1. The lowest BCUT2D eigenvalue weighted by molar-refractivity contribution is 0.0724. The first-order valence-electron chi connectivity index (χ1n) is 9.18. The number of carbonyl (C=O) groups is 2. The van der Waals surface area contributed by atoms with E-state index in [2.05, 4.69) is 15.7 Å². The molecule has 10 nitrogen and oxygen atoms in total. The van der Waals surface area contributed by atoms with E-state index in [1.165, 1.54) is 10.9 Å². The first-order chi connectivity index (χ1) is 13.5. The third kappa shape index (κ3) is 4.34. The van der Waals surface area contributed by atoms with Crippen LogP contribution >= 0.6 is 0 Å². The fraction of sp³-hybridized carbons (Fsp3) is 0.389. The van der Waals surface area contributed by atoms with Crippen molar-refractivity contribution in [3.05, 3.63) is 30.0 Å². The van der Waals surface area contributed by atoms with Crippen molar-refractivity contribution in [2.24, 2.45) is 5.73 Å². The van der Waals surface area contributed by atoms with Gasteiger partial charge in [0.25, 0.3) is 5.91 Å². The highest BCUT2D eigenvalue weighted by atomic mass is 16.3. The van der Waals surface area contributed by atoms with Crippen LogP contribution in [0.2, 0.25) is 0 Å². The zero-order valence-corrected chi connectivity index (χ0v) is 15.5. The largest absolute Gasteiger partial charge is 0.394 e. The van der Waals surface area contributed by atoms with Crippen LogP contribution in [0.25, 0.3) is 0 Å². The molecule has 10 heteroatoms. The molecule has 1 aromatic heterocycles. The maximum atomic E-state index is 12.7. The summed E-state index contributed by atoms with van der Waals surface area (Å²) in [6.45, 7) is 1.65. The van der Waals surface area contributed by atoms with E-state index in [1.54, 1.807) is 18.2 Å². The number of hydrogen-bond donors (Lipinski definition) is 5. The molecule has 1 aliphatic heterocycles. The van der Waals surface area contributed by atoms with Gasteiger partial charge in [0.15, 0.2) is 0 Å². The molecule has 1 aliphatic rings. The molecule has 2 aromatic rings. The van der Waals surface area contributed by atoms with E-state index in [-0.39, 0.29) is 19.1 Å². The molecule has 1 fully saturated rings. The van der Waals surface area contributed by atoms with E-state index in [4.69, 9.17) is 16.6 Å². The third-order valence-electron chi connectivity index (χ3n) is 4.63. The molecule has 0 bridgehead atoms. The summed E-state index contributed by atoms with van der Waals surface area (Å²) in [4.78, 5) is 26.0. The minimum Gasteiger partial charge on any atom is -0.394 e. The van der Waals surface area contributed by atoms with E-state index in [0.29, 0.717) is 28.4 Å². The highest BCUT2D eigenvalue weighted by molar-refractivity contribution is 5.99. The van der Waals surface area contributed by atoms with Gasteiger partial charge in [-0.3, -0.25) is 4.79 Å². The molecule has 7 N–H and O–H groups in total. The quantitative estimate of drug-likeness (QED) is 0.504. The Morgan fingerprint density at radius 3 is 2.57 bits per heavy atom. The highest BCUT2D eigenvalue weighted by Crippen LogP contribution is 2.30. The molecule has 0 atom stereocenters. The molecule has 0 spiro atoms. The number of aromatic nitrogens is 2. The summed E-state index contributed by atoms with van der Waals surface area (Å²) in [5, 5.41) is 18.8. The zero-order valence-electron chi connectivity index (χ0n) is 15.5. The summed E-state index contributed by atoms with van der Waals surface area (Å²) in [5.41, 5.74) is 13.2. The van der Waals surface area contributed by atoms with Crippen LogP contribution in [0.5, 0.6) is 0 Å². The van der Waals surface area contributed by atoms with Crippen LogP contribution in [0.1, 0.15) is 29.6 Å². The number of piperidine rings is 1. The zero-order chi connectivity index (χ0) is 20.1. The van der Waals surface area contributed by atoms with Crippen molar-refractivity contribution in [1.29, 1.82) is 0 Å². The lowest BCUT2D eigenvalue weighted by Gasteiger charge is -2.27. The van der Waals surface area contributed by atoms with E-state index < -0.39 is 6.03 Å². The van der Waals surface area contributed by atoms with Crippen molar-refractivity contribution in [1.82, 2.24) is 14.7 Å². The van der Waals surface area contributed by atoms with Crippen LogP contribution in [-0.2, 0) is 6.54 Å². The van der Waals surface area contributed by atoms with Crippen LogP contribution < -0.4 is 22.1 Å². The van der Waals surface area contributed by atoms with Gasteiger partial charge in [-0.25, -0.2) is 9.48 Å². The summed E-state index contributed by atoms with van der Waals surface area (Å²) < 4.78 is 1.46. The van der Waals surface area contributed by atoms with Gasteiger partial charge in [-0.15, -0.1) is 0 Å². The second-order valence-corrected chi connectivity index (χ2v) is 6.62. The molecule has 0 unspecified atom stereocenters. The fourth-order valence-corrected chi connectivity index (χ4v) is 3.21.